The fraction of sp³-hybridized carbons (Fsp3) is 1.00. The molecule has 1 unspecified atom stereocenters. The second kappa shape index (κ2) is 7.09. The fourth-order valence-corrected chi connectivity index (χ4v) is 1.80. The third-order valence-electron chi connectivity index (χ3n) is 2.93. The van der Waals surface area contributed by atoms with Crippen LogP contribution in [0.2, 0.25) is 0 Å². The lowest BCUT2D eigenvalue weighted by Gasteiger charge is -2.29. The Labute approximate surface area is 89.3 Å². The van der Waals surface area contributed by atoms with Gasteiger partial charge >= 0.3 is 0 Å². The molecule has 1 fully saturated rings. The van der Waals surface area contributed by atoms with E-state index in [1.54, 1.807) is 0 Å². The van der Waals surface area contributed by atoms with E-state index >= 15 is 0 Å². The van der Waals surface area contributed by atoms with Gasteiger partial charge in [-0.05, 0) is 18.8 Å². The van der Waals surface area contributed by atoms with Gasteiger partial charge < -0.3 is 4.74 Å². The molecule has 1 aliphatic carbocycles. The number of nitrogens with two attached hydrogens (primary N) is 1. The molecule has 1 aliphatic rings. The van der Waals surface area contributed by atoms with Gasteiger partial charge in [0.1, 0.15) is 6.61 Å². The molecule has 1 saturated carbocycles. The Balaban J connectivity index is 2.00. The summed E-state index contributed by atoms with van der Waals surface area (Å²) in [6.45, 7) is -0.118. The molecule has 1 rings (SSSR count). The minimum atomic E-state index is -2.37. The highest BCUT2D eigenvalue weighted by atomic mass is 19.3. The molecule has 5 heteroatoms. The van der Waals surface area contributed by atoms with Crippen molar-refractivity contribution in [2.24, 2.45) is 11.8 Å². The normalized spacial score (nSPS) is 19.2. The van der Waals surface area contributed by atoms with Crippen LogP contribution in [0, 0.1) is 5.92 Å². The van der Waals surface area contributed by atoms with Crippen molar-refractivity contribution < 1.29 is 13.5 Å². The Morgan fingerprint density at radius 1 is 1.40 bits per heavy atom. The van der Waals surface area contributed by atoms with Crippen LogP contribution < -0.4 is 11.3 Å². The Kier molecular flexibility index (Phi) is 6.05. The van der Waals surface area contributed by atoms with Crippen LogP contribution in [0.4, 0.5) is 8.78 Å². The highest BCUT2D eigenvalue weighted by Gasteiger charge is 2.21. The summed E-state index contributed by atoms with van der Waals surface area (Å²) < 4.78 is 28.3. The number of halogens is 2. The van der Waals surface area contributed by atoms with Crippen LogP contribution in [0.3, 0.4) is 0 Å². The Morgan fingerprint density at radius 2 is 2.13 bits per heavy atom. The average Bonchev–Trinajstić information content (AvgIpc) is 2.13. The van der Waals surface area contributed by atoms with E-state index < -0.39 is 13.0 Å². The molecule has 3 N–H and O–H groups in total. The molecule has 0 aliphatic heterocycles. The maximum Gasteiger partial charge on any atom is 0.261 e. The van der Waals surface area contributed by atoms with Gasteiger partial charge in [-0.1, -0.05) is 19.3 Å². The van der Waals surface area contributed by atoms with Gasteiger partial charge in [0.25, 0.3) is 6.43 Å². The summed E-state index contributed by atoms with van der Waals surface area (Å²) in [5.41, 5.74) is 2.72. The topological polar surface area (TPSA) is 47.3 Å². The van der Waals surface area contributed by atoms with Gasteiger partial charge in [-0.15, -0.1) is 0 Å². The number of nitrogens with one attached hydrogen (secondary N) is 1. The van der Waals surface area contributed by atoms with Gasteiger partial charge in [-0.25, -0.2) is 8.78 Å². The molecule has 0 amide bonds. The van der Waals surface area contributed by atoms with Crippen molar-refractivity contribution in [2.75, 3.05) is 13.2 Å². The smallest absolute Gasteiger partial charge is 0.261 e. The summed E-state index contributed by atoms with van der Waals surface area (Å²) >= 11 is 0. The predicted octanol–water partition coefficient (Wildman–Crippen LogP) is 1.68. The van der Waals surface area contributed by atoms with Crippen LogP contribution >= 0.6 is 0 Å². The number of alkyl halides is 2. The summed E-state index contributed by atoms with van der Waals surface area (Å²) in [6, 6.07) is 0.202. The molecular weight excluding hydrogens is 202 g/mol. The Bertz CT molecular complexity index is 166. The van der Waals surface area contributed by atoms with Crippen molar-refractivity contribution in [1.29, 1.82) is 0 Å². The van der Waals surface area contributed by atoms with Gasteiger partial charge in [-0.3, -0.25) is 11.3 Å². The quantitative estimate of drug-likeness (QED) is 0.373. The molecule has 0 spiro atoms. The SMILES string of the molecule is NNC(CCOCC(F)F)CC1CCC1. The van der Waals surface area contributed by atoms with E-state index in [0.29, 0.717) is 13.0 Å². The molecule has 0 aromatic carbocycles. The van der Waals surface area contributed by atoms with Crippen LogP contribution in [-0.2, 0) is 4.74 Å². The van der Waals surface area contributed by atoms with E-state index in [9.17, 15) is 8.78 Å². The highest BCUT2D eigenvalue weighted by molar-refractivity contribution is 4.75. The lowest BCUT2D eigenvalue weighted by Crippen LogP contribution is -2.38. The molecule has 90 valence electrons. The van der Waals surface area contributed by atoms with Crippen molar-refractivity contribution in [1.82, 2.24) is 5.43 Å². The summed E-state index contributed by atoms with van der Waals surface area (Å²) in [7, 11) is 0. The molecule has 0 heterocycles. The van der Waals surface area contributed by atoms with Crippen molar-refractivity contribution >= 4 is 0 Å². The Hall–Kier alpha value is -0.260. The zero-order valence-corrected chi connectivity index (χ0v) is 8.92. The van der Waals surface area contributed by atoms with Crippen molar-refractivity contribution in [3.63, 3.8) is 0 Å². The number of hydrogen-bond donors (Lipinski definition) is 2. The molecule has 15 heavy (non-hydrogen) atoms. The van der Waals surface area contributed by atoms with E-state index in [2.05, 4.69) is 5.43 Å². The molecule has 0 radical (unpaired) electrons. The zero-order valence-electron chi connectivity index (χ0n) is 8.92. The van der Waals surface area contributed by atoms with Gasteiger partial charge in [-0.2, -0.15) is 0 Å². The first-order chi connectivity index (χ1) is 7.22. The third-order valence-corrected chi connectivity index (χ3v) is 2.93. The van der Waals surface area contributed by atoms with Crippen molar-refractivity contribution in [2.45, 2.75) is 44.6 Å². The van der Waals surface area contributed by atoms with Crippen molar-refractivity contribution in [3.8, 4) is 0 Å². The average molecular weight is 222 g/mol. The van der Waals surface area contributed by atoms with Crippen LogP contribution in [0.15, 0.2) is 0 Å². The number of hydrogen-bond acceptors (Lipinski definition) is 3. The monoisotopic (exact) mass is 222 g/mol. The molecule has 0 aromatic rings. The van der Waals surface area contributed by atoms with Crippen LogP contribution in [-0.4, -0.2) is 25.7 Å². The molecule has 3 nitrogen and oxygen atoms in total. The third kappa shape index (κ3) is 5.39. The molecular formula is C10H20F2N2O. The van der Waals surface area contributed by atoms with E-state index in [1.807, 2.05) is 0 Å². The van der Waals surface area contributed by atoms with Crippen molar-refractivity contribution in [3.05, 3.63) is 0 Å². The minimum absolute atomic E-state index is 0.202. The maximum atomic E-state index is 11.7. The first kappa shape index (κ1) is 12.8. The van der Waals surface area contributed by atoms with E-state index in [4.69, 9.17) is 10.6 Å². The Morgan fingerprint density at radius 3 is 2.60 bits per heavy atom. The predicted molar refractivity (Wildman–Crippen MR) is 54.5 cm³/mol. The first-order valence-electron chi connectivity index (χ1n) is 5.54. The van der Waals surface area contributed by atoms with E-state index in [0.717, 1.165) is 12.3 Å². The maximum absolute atomic E-state index is 11.7. The van der Waals surface area contributed by atoms with Gasteiger partial charge in [0.15, 0.2) is 0 Å². The summed E-state index contributed by atoms with van der Waals surface area (Å²) in [5.74, 6) is 6.15. The second-order valence-corrected chi connectivity index (χ2v) is 4.15. The molecule has 0 saturated heterocycles. The van der Waals surface area contributed by atoms with E-state index in [1.165, 1.54) is 19.3 Å². The van der Waals surface area contributed by atoms with Crippen LogP contribution in [0.1, 0.15) is 32.1 Å². The zero-order chi connectivity index (χ0) is 11.1. The lowest BCUT2D eigenvalue weighted by atomic mass is 9.80. The second-order valence-electron chi connectivity index (χ2n) is 4.15. The number of ether oxygens (including phenoxy) is 1. The van der Waals surface area contributed by atoms with Crippen LogP contribution in [0.25, 0.3) is 0 Å². The minimum Gasteiger partial charge on any atom is -0.375 e. The fourth-order valence-electron chi connectivity index (χ4n) is 1.80. The number of rotatable bonds is 8. The lowest BCUT2D eigenvalue weighted by molar-refractivity contribution is 0.0134. The van der Waals surface area contributed by atoms with Gasteiger partial charge in [0.2, 0.25) is 0 Å². The van der Waals surface area contributed by atoms with Gasteiger partial charge in [0, 0.05) is 12.6 Å². The summed E-state index contributed by atoms with van der Waals surface area (Å²) in [6.07, 6.45) is 3.23. The number of hydrazine groups is 1. The summed E-state index contributed by atoms with van der Waals surface area (Å²) in [4.78, 5) is 0. The first-order valence-corrected chi connectivity index (χ1v) is 5.54. The van der Waals surface area contributed by atoms with Crippen LogP contribution in [0.5, 0.6) is 0 Å². The highest BCUT2D eigenvalue weighted by Crippen LogP contribution is 2.30. The van der Waals surface area contributed by atoms with Gasteiger partial charge in [0.05, 0.1) is 0 Å². The largest absolute Gasteiger partial charge is 0.375 e. The molecule has 1 atom stereocenters. The molecule has 0 aromatic heterocycles. The standard InChI is InChI=1S/C10H20F2N2O/c11-10(12)7-15-5-4-9(14-13)6-8-2-1-3-8/h8-10,14H,1-7,13H2. The van der Waals surface area contributed by atoms with E-state index in [-0.39, 0.29) is 6.04 Å². The summed E-state index contributed by atoms with van der Waals surface area (Å²) in [5, 5.41) is 0. The molecule has 0 bridgehead atoms.